The molecule has 0 unspecified atom stereocenters. The molecule has 6 nitrogen and oxygen atoms in total. The lowest BCUT2D eigenvalue weighted by atomic mass is 9.92. The van der Waals surface area contributed by atoms with Gasteiger partial charge in [-0.15, -0.1) is 0 Å². The highest BCUT2D eigenvalue weighted by molar-refractivity contribution is 7.99. The van der Waals surface area contributed by atoms with E-state index in [4.69, 9.17) is 0 Å². The van der Waals surface area contributed by atoms with E-state index in [1.165, 1.54) is 0 Å². The summed E-state index contributed by atoms with van der Waals surface area (Å²) in [5.74, 6) is 0.283. The van der Waals surface area contributed by atoms with Crippen molar-refractivity contribution in [2.45, 2.75) is 38.6 Å². The molecule has 0 saturated carbocycles. The molecule has 0 aliphatic carbocycles. The monoisotopic (exact) mass is 373 g/mol. The van der Waals surface area contributed by atoms with Crippen LogP contribution in [0, 0.1) is 13.8 Å². The van der Waals surface area contributed by atoms with Crippen LogP contribution in [0.5, 0.6) is 0 Å². The minimum Gasteiger partial charge on any atom is -0.480 e. The standard InChI is InChI=1S/C19H23N3O3S/c1-13-16(14(2)22(21-13)15-6-4-3-5-7-15)12-17(23)20-19(18(24)25)8-10-26-11-9-19/h3-7H,8-12H2,1-2H3,(H,20,23)(H,24,25). The maximum atomic E-state index is 12.6. The van der Waals surface area contributed by atoms with E-state index in [9.17, 15) is 14.7 Å². The van der Waals surface area contributed by atoms with E-state index < -0.39 is 11.5 Å². The fraction of sp³-hybridized carbons (Fsp3) is 0.421. The molecule has 0 radical (unpaired) electrons. The van der Waals surface area contributed by atoms with E-state index >= 15 is 0 Å². The highest BCUT2D eigenvalue weighted by atomic mass is 32.2. The number of rotatable bonds is 5. The Morgan fingerprint density at radius 2 is 1.88 bits per heavy atom. The van der Waals surface area contributed by atoms with E-state index in [-0.39, 0.29) is 12.3 Å². The van der Waals surface area contributed by atoms with Crippen LogP contribution in [0.2, 0.25) is 0 Å². The fourth-order valence-electron chi connectivity index (χ4n) is 3.34. The summed E-state index contributed by atoms with van der Waals surface area (Å²) in [5, 5.41) is 17.0. The molecular weight excluding hydrogens is 350 g/mol. The van der Waals surface area contributed by atoms with Crippen molar-refractivity contribution in [3.63, 3.8) is 0 Å². The van der Waals surface area contributed by atoms with Crippen LogP contribution in [0.15, 0.2) is 30.3 Å². The van der Waals surface area contributed by atoms with Crippen LogP contribution in [-0.2, 0) is 16.0 Å². The van der Waals surface area contributed by atoms with Gasteiger partial charge in [-0.1, -0.05) is 18.2 Å². The molecule has 2 N–H and O–H groups in total. The Labute approximate surface area is 157 Å². The molecule has 1 aliphatic heterocycles. The third kappa shape index (κ3) is 3.62. The molecule has 0 bridgehead atoms. The Kier molecular flexibility index (Phi) is 5.36. The fourth-order valence-corrected chi connectivity index (χ4v) is 4.52. The van der Waals surface area contributed by atoms with Gasteiger partial charge in [0, 0.05) is 11.3 Å². The first kappa shape index (κ1) is 18.5. The molecule has 1 fully saturated rings. The SMILES string of the molecule is Cc1nn(-c2ccccc2)c(C)c1CC(=O)NC1(C(=O)O)CCSCC1. The lowest BCUT2D eigenvalue weighted by molar-refractivity contribution is -0.148. The van der Waals surface area contributed by atoms with Crippen LogP contribution >= 0.6 is 11.8 Å². The van der Waals surface area contributed by atoms with Gasteiger partial charge in [-0.05, 0) is 50.3 Å². The molecule has 1 saturated heterocycles. The third-order valence-corrected chi connectivity index (χ3v) is 5.90. The molecular formula is C19H23N3O3S. The summed E-state index contributed by atoms with van der Waals surface area (Å²) in [6, 6.07) is 9.74. The molecule has 1 aliphatic rings. The van der Waals surface area contributed by atoms with Gasteiger partial charge in [0.2, 0.25) is 5.91 Å². The maximum absolute atomic E-state index is 12.6. The van der Waals surface area contributed by atoms with E-state index in [2.05, 4.69) is 10.4 Å². The number of thioether (sulfide) groups is 1. The third-order valence-electron chi connectivity index (χ3n) is 4.91. The van der Waals surface area contributed by atoms with Crippen LogP contribution in [0.4, 0.5) is 0 Å². The second-order valence-corrected chi connectivity index (χ2v) is 7.85. The van der Waals surface area contributed by atoms with Crippen molar-refractivity contribution in [2.24, 2.45) is 0 Å². The number of aromatic nitrogens is 2. The normalized spacial score (nSPS) is 16.2. The summed E-state index contributed by atoms with van der Waals surface area (Å²) in [6.45, 7) is 3.80. The Morgan fingerprint density at radius 1 is 1.23 bits per heavy atom. The van der Waals surface area contributed by atoms with Gasteiger partial charge in [0.1, 0.15) is 5.54 Å². The Bertz CT molecular complexity index is 811. The Balaban J connectivity index is 1.79. The zero-order valence-corrected chi connectivity index (χ0v) is 15.8. The minimum atomic E-state index is -1.14. The number of nitrogens with one attached hydrogen (secondary N) is 1. The van der Waals surface area contributed by atoms with E-state index in [1.54, 1.807) is 11.8 Å². The first-order valence-corrected chi connectivity index (χ1v) is 9.81. The van der Waals surface area contributed by atoms with Crippen LogP contribution in [0.3, 0.4) is 0 Å². The lowest BCUT2D eigenvalue weighted by Crippen LogP contribution is -2.56. The highest BCUT2D eigenvalue weighted by Crippen LogP contribution is 2.28. The highest BCUT2D eigenvalue weighted by Gasteiger charge is 2.41. The van der Waals surface area contributed by atoms with Gasteiger partial charge in [-0.2, -0.15) is 16.9 Å². The van der Waals surface area contributed by atoms with E-state index in [0.717, 1.165) is 34.1 Å². The molecule has 138 valence electrons. The van der Waals surface area contributed by atoms with Crippen LogP contribution < -0.4 is 5.32 Å². The lowest BCUT2D eigenvalue weighted by Gasteiger charge is -2.33. The van der Waals surface area contributed by atoms with Crippen LogP contribution in [0.1, 0.15) is 29.8 Å². The van der Waals surface area contributed by atoms with E-state index in [1.807, 2.05) is 48.9 Å². The second kappa shape index (κ2) is 7.53. The van der Waals surface area contributed by atoms with Gasteiger partial charge in [0.15, 0.2) is 0 Å². The molecule has 0 spiro atoms. The molecule has 2 heterocycles. The van der Waals surface area contributed by atoms with Crippen molar-refractivity contribution in [3.8, 4) is 5.69 Å². The van der Waals surface area contributed by atoms with Crippen molar-refractivity contribution < 1.29 is 14.7 Å². The zero-order valence-electron chi connectivity index (χ0n) is 15.0. The maximum Gasteiger partial charge on any atom is 0.329 e. The van der Waals surface area contributed by atoms with Crippen LogP contribution in [-0.4, -0.2) is 43.8 Å². The van der Waals surface area contributed by atoms with Crippen molar-refractivity contribution in [3.05, 3.63) is 47.3 Å². The van der Waals surface area contributed by atoms with Crippen molar-refractivity contribution in [1.29, 1.82) is 0 Å². The number of carbonyl (C=O) groups excluding carboxylic acids is 1. The molecule has 3 rings (SSSR count). The zero-order chi connectivity index (χ0) is 18.7. The number of nitrogens with zero attached hydrogens (tertiary/aromatic N) is 2. The summed E-state index contributed by atoms with van der Waals surface area (Å²) in [4.78, 5) is 24.4. The molecule has 7 heteroatoms. The first-order valence-electron chi connectivity index (χ1n) is 8.65. The smallest absolute Gasteiger partial charge is 0.329 e. The number of carboxylic acids is 1. The molecule has 26 heavy (non-hydrogen) atoms. The summed E-state index contributed by atoms with van der Waals surface area (Å²) in [5.41, 5.74) is 2.32. The number of amides is 1. The summed E-state index contributed by atoms with van der Waals surface area (Å²) >= 11 is 1.72. The largest absolute Gasteiger partial charge is 0.480 e. The number of carboxylic acid groups (broad SMARTS) is 1. The predicted octanol–water partition coefficient (Wildman–Crippen LogP) is 2.50. The van der Waals surface area contributed by atoms with Crippen molar-refractivity contribution in [2.75, 3.05) is 11.5 Å². The van der Waals surface area contributed by atoms with Gasteiger partial charge in [-0.25, -0.2) is 9.48 Å². The summed E-state index contributed by atoms with van der Waals surface area (Å²) in [6.07, 6.45) is 1.05. The molecule has 1 aromatic carbocycles. The molecule has 0 atom stereocenters. The van der Waals surface area contributed by atoms with Gasteiger partial charge >= 0.3 is 5.97 Å². The van der Waals surface area contributed by atoms with Crippen molar-refractivity contribution >= 4 is 23.6 Å². The number of aliphatic carboxylic acids is 1. The van der Waals surface area contributed by atoms with E-state index in [0.29, 0.717) is 12.8 Å². The van der Waals surface area contributed by atoms with Gasteiger partial charge < -0.3 is 10.4 Å². The number of carbonyl (C=O) groups is 2. The molecule has 1 aromatic heterocycles. The van der Waals surface area contributed by atoms with Gasteiger partial charge in [-0.3, -0.25) is 4.79 Å². The second-order valence-electron chi connectivity index (χ2n) is 6.62. The topological polar surface area (TPSA) is 84.2 Å². The number of para-hydroxylation sites is 1. The number of benzene rings is 1. The van der Waals surface area contributed by atoms with Crippen LogP contribution in [0.25, 0.3) is 5.69 Å². The number of hydrogen-bond acceptors (Lipinski definition) is 4. The number of hydrogen-bond donors (Lipinski definition) is 2. The molecule has 1 amide bonds. The minimum absolute atomic E-state index is 0.132. The van der Waals surface area contributed by atoms with Crippen molar-refractivity contribution in [1.82, 2.24) is 15.1 Å². The Morgan fingerprint density at radius 3 is 2.50 bits per heavy atom. The van der Waals surface area contributed by atoms with Gasteiger partial charge in [0.25, 0.3) is 0 Å². The quantitative estimate of drug-likeness (QED) is 0.841. The summed E-state index contributed by atoms with van der Waals surface area (Å²) in [7, 11) is 0. The summed E-state index contributed by atoms with van der Waals surface area (Å²) < 4.78 is 1.82. The molecule has 2 aromatic rings. The number of aryl methyl sites for hydroxylation is 1. The Hall–Kier alpha value is -2.28. The average Bonchev–Trinajstić information content (AvgIpc) is 2.91. The van der Waals surface area contributed by atoms with Gasteiger partial charge in [0.05, 0.1) is 17.8 Å². The average molecular weight is 373 g/mol. The predicted molar refractivity (Wildman–Crippen MR) is 102 cm³/mol. The first-order chi connectivity index (χ1) is 12.4.